The lowest BCUT2D eigenvalue weighted by molar-refractivity contribution is -0.386. The van der Waals surface area contributed by atoms with E-state index in [1.54, 1.807) is 6.92 Å². The largest absolute Gasteiger partial charge is 0.479 e. The highest BCUT2D eigenvalue weighted by atomic mass is 79.9. The maximum Gasteiger partial charge on any atom is 0.344 e. The van der Waals surface area contributed by atoms with Gasteiger partial charge in [0.2, 0.25) is 5.75 Å². The Morgan fingerprint density at radius 1 is 1.67 bits per heavy atom. The van der Waals surface area contributed by atoms with Gasteiger partial charge in [0.15, 0.2) is 6.10 Å². The van der Waals surface area contributed by atoms with E-state index in [0.29, 0.717) is 6.07 Å². The number of rotatable bonds is 5. The summed E-state index contributed by atoms with van der Waals surface area (Å²) in [7, 11) is 0. The monoisotopic (exact) mass is 321 g/mol. The molecule has 98 valence electrons. The summed E-state index contributed by atoms with van der Waals surface area (Å²) in [5.41, 5.74) is -0.624. The number of hydrogen-bond donors (Lipinski definition) is 1. The van der Waals surface area contributed by atoms with E-state index in [2.05, 4.69) is 15.9 Å². The van der Waals surface area contributed by atoms with E-state index in [1.807, 2.05) is 0 Å². The van der Waals surface area contributed by atoms with Crippen LogP contribution in [0.15, 0.2) is 16.6 Å². The Morgan fingerprint density at radius 2 is 2.28 bits per heavy atom. The molecule has 6 nitrogen and oxygen atoms in total. The Kier molecular flexibility index (Phi) is 4.60. The number of ether oxygens (including phenoxy) is 1. The van der Waals surface area contributed by atoms with Gasteiger partial charge in [0.25, 0.3) is 0 Å². The number of aliphatic carboxylic acids is 1. The van der Waals surface area contributed by atoms with Crippen LogP contribution in [0, 0.1) is 15.9 Å². The number of benzene rings is 1. The van der Waals surface area contributed by atoms with Crippen molar-refractivity contribution in [3.63, 3.8) is 0 Å². The van der Waals surface area contributed by atoms with Gasteiger partial charge >= 0.3 is 11.7 Å². The number of carboxylic acid groups (broad SMARTS) is 1. The highest BCUT2D eigenvalue weighted by Gasteiger charge is 2.26. The maximum absolute atomic E-state index is 13.0. The molecule has 1 rings (SSSR count). The SMILES string of the molecule is CCC(Oc1c(Br)cc(F)cc1[N+](=O)[O-])C(=O)O. The van der Waals surface area contributed by atoms with Crippen LogP contribution in [0.2, 0.25) is 0 Å². The molecule has 8 heteroatoms. The summed E-state index contributed by atoms with van der Waals surface area (Å²) in [6, 6.07) is 1.64. The Morgan fingerprint density at radius 3 is 2.72 bits per heavy atom. The van der Waals surface area contributed by atoms with Gasteiger partial charge in [0.05, 0.1) is 15.5 Å². The minimum absolute atomic E-state index is 0.00565. The fraction of sp³-hybridized carbons (Fsp3) is 0.300. The normalized spacial score (nSPS) is 11.9. The van der Waals surface area contributed by atoms with Crippen LogP contribution in [-0.2, 0) is 4.79 Å². The molecule has 0 saturated carbocycles. The van der Waals surface area contributed by atoms with E-state index in [9.17, 15) is 19.3 Å². The summed E-state index contributed by atoms with van der Waals surface area (Å²) in [5.74, 6) is -2.36. The summed E-state index contributed by atoms with van der Waals surface area (Å²) < 4.78 is 18.1. The van der Waals surface area contributed by atoms with Gasteiger partial charge in [-0.3, -0.25) is 10.1 Å². The van der Waals surface area contributed by atoms with Crippen LogP contribution < -0.4 is 4.74 Å². The average molecular weight is 322 g/mol. The number of carbonyl (C=O) groups is 1. The molecule has 0 fully saturated rings. The van der Waals surface area contributed by atoms with Gasteiger partial charge in [0.1, 0.15) is 5.82 Å². The molecule has 0 amide bonds. The molecule has 1 aromatic carbocycles. The maximum atomic E-state index is 13.0. The molecular weight excluding hydrogens is 313 g/mol. The first-order valence-electron chi connectivity index (χ1n) is 4.89. The molecule has 0 heterocycles. The van der Waals surface area contributed by atoms with Crippen LogP contribution in [0.25, 0.3) is 0 Å². The molecule has 1 unspecified atom stereocenters. The van der Waals surface area contributed by atoms with Crippen molar-refractivity contribution in [2.45, 2.75) is 19.4 Å². The second-order valence-corrected chi connectivity index (χ2v) is 4.20. The Labute approximate surface area is 110 Å². The lowest BCUT2D eigenvalue weighted by atomic mass is 10.2. The van der Waals surface area contributed by atoms with E-state index in [0.717, 1.165) is 6.07 Å². The zero-order chi connectivity index (χ0) is 13.9. The quantitative estimate of drug-likeness (QED) is 0.665. The number of nitro benzene ring substituents is 1. The standard InChI is InChI=1S/C10H9BrFNO5/c1-2-8(10(14)15)18-9-6(11)3-5(12)4-7(9)13(16)17/h3-4,8H,2H2,1H3,(H,14,15). The molecule has 1 atom stereocenters. The van der Waals surface area contributed by atoms with Crippen molar-refractivity contribution in [1.82, 2.24) is 0 Å². The second-order valence-electron chi connectivity index (χ2n) is 3.35. The fourth-order valence-electron chi connectivity index (χ4n) is 1.25. The predicted octanol–water partition coefficient (Wildman–Crippen LogP) is 2.74. The highest BCUT2D eigenvalue weighted by molar-refractivity contribution is 9.10. The second kappa shape index (κ2) is 5.76. The molecule has 0 spiro atoms. The van der Waals surface area contributed by atoms with Crippen molar-refractivity contribution in [3.05, 3.63) is 32.5 Å². The van der Waals surface area contributed by atoms with Gasteiger partial charge in [-0.15, -0.1) is 0 Å². The zero-order valence-electron chi connectivity index (χ0n) is 9.22. The van der Waals surface area contributed by atoms with Crippen LogP contribution in [-0.4, -0.2) is 22.1 Å². The first-order chi connectivity index (χ1) is 8.36. The van der Waals surface area contributed by atoms with E-state index < -0.39 is 28.5 Å². The number of nitro groups is 1. The third-order valence-corrected chi connectivity index (χ3v) is 2.68. The molecule has 0 saturated heterocycles. The molecule has 0 aliphatic heterocycles. The lowest BCUT2D eigenvalue weighted by Crippen LogP contribution is -2.26. The van der Waals surface area contributed by atoms with Crippen molar-refractivity contribution in [3.8, 4) is 5.75 Å². The van der Waals surface area contributed by atoms with Crippen molar-refractivity contribution < 1.29 is 24.0 Å². The summed E-state index contributed by atoms with van der Waals surface area (Å²) in [6.07, 6.45) is -1.11. The van der Waals surface area contributed by atoms with Crippen molar-refractivity contribution in [2.75, 3.05) is 0 Å². The van der Waals surface area contributed by atoms with Gasteiger partial charge in [0, 0.05) is 0 Å². The minimum Gasteiger partial charge on any atom is -0.479 e. The van der Waals surface area contributed by atoms with E-state index in [-0.39, 0.29) is 16.6 Å². The predicted molar refractivity (Wildman–Crippen MR) is 63.1 cm³/mol. The summed E-state index contributed by atoms with van der Waals surface area (Å²) in [6.45, 7) is 1.56. The molecule has 1 N–H and O–H groups in total. The molecular formula is C10H9BrFNO5. The molecule has 0 bridgehead atoms. The van der Waals surface area contributed by atoms with Crippen LogP contribution in [0.3, 0.4) is 0 Å². The van der Waals surface area contributed by atoms with E-state index in [1.165, 1.54) is 0 Å². The van der Waals surface area contributed by atoms with Crippen molar-refractivity contribution in [2.24, 2.45) is 0 Å². The van der Waals surface area contributed by atoms with Crippen LogP contribution in [0.4, 0.5) is 10.1 Å². The van der Waals surface area contributed by atoms with Gasteiger partial charge < -0.3 is 9.84 Å². The summed E-state index contributed by atoms with van der Waals surface area (Å²) in [5, 5.41) is 19.6. The highest BCUT2D eigenvalue weighted by Crippen LogP contribution is 2.36. The van der Waals surface area contributed by atoms with Gasteiger partial charge in [-0.05, 0) is 28.4 Å². The van der Waals surface area contributed by atoms with Crippen LogP contribution in [0.5, 0.6) is 5.75 Å². The number of hydrogen-bond acceptors (Lipinski definition) is 4. The third kappa shape index (κ3) is 3.16. The molecule has 0 aromatic heterocycles. The van der Waals surface area contributed by atoms with Gasteiger partial charge in [-0.1, -0.05) is 6.92 Å². The fourth-order valence-corrected chi connectivity index (χ4v) is 1.76. The summed E-state index contributed by atoms with van der Waals surface area (Å²) >= 11 is 2.91. The first-order valence-corrected chi connectivity index (χ1v) is 5.69. The van der Waals surface area contributed by atoms with E-state index in [4.69, 9.17) is 9.84 Å². The topological polar surface area (TPSA) is 89.7 Å². The molecule has 0 aliphatic rings. The molecule has 18 heavy (non-hydrogen) atoms. The number of nitrogens with zero attached hydrogens (tertiary/aromatic N) is 1. The van der Waals surface area contributed by atoms with Crippen molar-refractivity contribution in [1.29, 1.82) is 0 Å². The first kappa shape index (κ1) is 14.4. The molecule has 0 aliphatic carbocycles. The molecule has 1 aromatic rings. The van der Waals surface area contributed by atoms with E-state index >= 15 is 0 Å². The molecule has 0 radical (unpaired) electrons. The minimum atomic E-state index is -1.25. The number of halogens is 2. The Hall–Kier alpha value is -1.70. The Bertz CT molecular complexity index is 493. The van der Waals surface area contributed by atoms with Crippen LogP contribution >= 0.6 is 15.9 Å². The third-order valence-electron chi connectivity index (χ3n) is 2.09. The smallest absolute Gasteiger partial charge is 0.344 e. The number of carboxylic acids is 1. The van der Waals surface area contributed by atoms with Gasteiger partial charge in [-0.25, -0.2) is 9.18 Å². The Balaban J connectivity index is 3.22. The van der Waals surface area contributed by atoms with Crippen molar-refractivity contribution >= 4 is 27.6 Å². The zero-order valence-corrected chi connectivity index (χ0v) is 10.8. The van der Waals surface area contributed by atoms with Gasteiger partial charge in [-0.2, -0.15) is 0 Å². The summed E-state index contributed by atoms with van der Waals surface area (Å²) in [4.78, 5) is 20.7. The lowest BCUT2D eigenvalue weighted by Gasteiger charge is -2.14. The average Bonchev–Trinajstić information content (AvgIpc) is 2.26. The van der Waals surface area contributed by atoms with Crippen LogP contribution in [0.1, 0.15) is 13.3 Å².